The Labute approximate surface area is 90.6 Å². The zero-order chi connectivity index (χ0) is 11.4. The molecule has 1 N–H and O–H groups in total. The van der Waals surface area contributed by atoms with Crippen LogP contribution in [0, 0.1) is 5.82 Å². The summed E-state index contributed by atoms with van der Waals surface area (Å²) >= 11 is 5.70. The van der Waals surface area contributed by atoms with Crippen molar-refractivity contribution in [3.8, 4) is 0 Å². The van der Waals surface area contributed by atoms with Gasteiger partial charge in [-0.05, 0) is 12.1 Å². The van der Waals surface area contributed by atoms with Crippen molar-refractivity contribution in [2.75, 3.05) is 7.05 Å². The van der Waals surface area contributed by atoms with Gasteiger partial charge in [0.25, 0.3) is 0 Å². The van der Waals surface area contributed by atoms with Crippen molar-refractivity contribution >= 4 is 23.9 Å². The summed E-state index contributed by atoms with van der Waals surface area (Å²) in [6.07, 6.45) is -0.176. The molecule has 1 aromatic rings. The SMILES string of the molecule is CN(N=Cc1c(F)cccc1Cl)C(=O)O. The lowest BCUT2D eigenvalue weighted by atomic mass is 10.2. The minimum Gasteiger partial charge on any atom is -0.464 e. The van der Waals surface area contributed by atoms with E-state index in [1.54, 1.807) is 0 Å². The van der Waals surface area contributed by atoms with Crippen molar-refractivity contribution in [1.82, 2.24) is 5.01 Å². The van der Waals surface area contributed by atoms with Crippen molar-refractivity contribution in [2.24, 2.45) is 5.10 Å². The Morgan fingerprint density at radius 1 is 1.67 bits per heavy atom. The zero-order valence-electron chi connectivity index (χ0n) is 7.82. The maximum atomic E-state index is 13.2. The van der Waals surface area contributed by atoms with E-state index in [9.17, 15) is 9.18 Å². The molecule has 0 spiro atoms. The smallest absolute Gasteiger partial charge is 0.427 e. The number of hydrogen-bond donors (Lipinski definition) is 1. The molecule has 6 heteroatoms. The number of carbonyl (C=O) groups is 1. The topological polar surface area (TPSA) is 52.9 Å². The molecular weight excluding hydrogens is 223 g/mol. The average Bonchev–Trinajstić information content (AvgIpc) is 2.16. The van der Waals surface area contributed by atoms with Gasteiger partial charge in [-0.15, -0.1) is 0 Å². The number of carboxylic acid groups (broad SMARTS) is 1. The number of rotatable bonds is 2. The van der Waals surface area contributed by atoms with Crippen molar-refractivity contribution in [1.29, 1.82) is 0 Å². The van der Waals surface area contributed by atoms with Crippen molar-refractivity contribution < 1.29 is 14.3 Å². The van der Waals surface area contributed by atoms with Gasteiger partial charge in [0, 0.05) is 12.6 Å². The van der Waals surface area contributed by atoms with Gasteiger partial charge in [-0.2, -0.15) is 5.10 Å². The Balaban J connectivity index is 2.94. The number of hydrogen-bond acceptors (Lipinski definition) is 2. The molecule has 0 radical (unpaired) electrons. The summed E-state index contributed by atoms with van der Waals surface area (Å²) in [5.41, 5.74) is 0.0623. The lowest BCUT2D eigenvalue weighted by Crippen LogP contribution is -2.18. The molecule has 0 saturated carbocycles. The van der Waals surface area contributed by atoms with Gasteiger partial charge in [0.1, 0.15) is 5.82 Å². The van der Waals surface area contributed by atoms with Crippen molar-refractivity contribution in [3.63, 3.8) is 0 Å². The Bertz CT molecular complexity index is 389. The minimum atomic E-state index is -1.24. The third-order valence-electron chi connectivity index (χ3n) is 1.64. The number of hydrazone groups is 1. The van der Waals surface area contributed by atoms with E-state index < -0.39 is 11.9 Å². The molecule has 0 aliphatic carbocycles. The lowest BCUT2D eigenvalue weighted by molar-refractivity contribution is 0.158. The Hall–Kier alpha value is -1.62. The molecule has 1 rings (SSSR count). The van der Waals surface area contributed by atoms with Crippen LogP contribution in [0.4, 0.5) is 9.18 Å². The van der Waals surface area contributed by atoms with E-state index >= 15 is 0 Å². The molecule has 1 amide bonds. The molecule has 0 unspecified atom stereocenters. The van der Waals surface area contributed by atoms with E-state index in [0.29, 0.717) is 5.01 Å². The third-order valence-corrected chi connectivity index (χ3v) is 1.97. The lowest BCUT2D eigenvalue weighted by Gasteiger charge is -2.05. The first-order valence-corrected chi connectivity index (χ1v) is 4.35. The molecule has 4 nitrogen and oxygen atoms in total. The van der Waals surface area contributed by atoms with Gasteiger partial charge >= 0.3 is 6.09 Å². The van der Waals surface area contributed by atoms with Gasteiger partial charge < -0.3 is 5.11 Å². The fourth-order valence-corrected chi connectivity index (χ4v) is 1.04. The first-order chi connectivity index (χ1) is 7.02. The van der Waals surface area contributed by atoms with Crippen LogP contribution in [-0.2, 0) is 0 Å². The van der Waals surface area contributed by atoms with Crippen LogP contribution in [0.2, 0.25) is 5.02 Å². The molecule has 0 fully saturated rings. The summed E-state index contributed by atoms with van der Waals surface area (Å²) in [5.74, 6) is -0.551. The molecular formula is C9H8ClFN2O2. The fourth-order valence-electron chi connectivity index (χ4n) is 0.828. The largest absolute Gasteiger partial charge is 0.464 e. The number of halogens is 2. The highest BCUT2D eigenvalue weighted by atomic mass is 35.5. The van der Waals surface area contributed by atoms with E-state index in [-0.39, 0.29) is 10.6 Å². The second-order valence-electron chi connectivity index (χ2n) is 2.69. The van der Waals surface area contributed by atoms with Crippen LogP contribution in [0.3, 0.4) is 0 Å². The maximum Gasteiger partial charge on any atom is 0.427 e. The van der Waals surface area contributed by atoms with Gasteiger partial charge in [0.05, 0.1) is 11.2 Å². The molecule has 15 heavy (non-hydrogen) atoms. The van der Waals surface area contributed by atoms with Gasteiger partial charge in [-0.3, -0.25) is 0 Å². The Kier molecular flexibility index (Phi) is 3.62. The average molecular weight is 231 g/mol. The summed E-state index contributed by atoms with van der Waals surface area (Å²) in [4.78, 5) is 10.4. The second kappa shape index (κ2) is 4.75. The molecule has 0 aromatic heterocycles. The first kappa shape index (κ1) is 11.5. The van der Waals surface area contributed by atoms with Gasteiger partial charge in [-0.25, -0.2) is 14.2 Å². The van der Waals surface area contributed by atoms with Crippen LogP contribution >= 0.6 is 11.6 Å². The van der Waals surface area contributed by atoms with E-state index in [1.807, 2.05) is 0 Å². The standard InChI is InChI=1S/C9H8ClFN2O2/c1-13(9(14)15)12-5-6-7(10)3-2-4-8(6)11/h2-5H,1H3,(H,14,15). The number of benzene rings is 1. The molecule has 0 saturated heterocycles. The highest BCUT2D eigenvalue weighted by Gasteiger charge is 2.05. The summed E-state index contributed by atoms with van der Waals surface area (Å²) < 4.78 is 13.2. The monoisotopic (exact) mass is 230 g/mol. The molecule has 0 aliphatic heterocycles. The van der Waals surface area contributed by atoms with Crippen molar-refractivity contribution in [2.45, 2.75) is 0 Å². The third kappa shape index (κ3) is 2.92. The molecule has 0 atom stereocenters. The van der Waals surface area contributed by atoms with Gasteiger partial charge in [0.2, 0.25) is 0 Å². The normalized spacial score (nSPS) is 10.6. The second-order valence-corrected chi connectivity index (χ2v) is 3.09. The fraction of sp³-hybridized carbons (Fsp3) is 0.111. The number of nitrogens with zero attached hydrogens (tertiary/aromatic N) is 2. The van der Waals surface area contributed by atoms with E-state index in [0.717, 1.165) is 6.21 Å². The van der Waals surface area contributed by atoms with E-state index in [4.69, 9.17) is 16.7 Å². The Morgan fingerprint density at radius 2 is 2.33 bits per heavy atom. The van der Waals surface area contributed by atoms with Gasteiger partial charge in [-0.1, -0.05) is 17.7 Å². The van der Waals surface area contributed by atoms with Crippen molar-refractivity contribution in [3.05, 3.63) is 34.6 Å². The molecule has 80 valence electrons. The zero-order valence-corrected chi connectivity index (χ0v) is 8.57. The van der Waals surface area contributed by atoms with Crippen LogP contribution in [-0.4, -0.2) is 29.5 Å². The summed E-state index contributed by atoms with van der Waals surface area (Å²) in [6, 6.07) is 4.16. The van der Waals surface area contributed by atoms with E-state index in [2.05, 4.69) is 5.10 Å². The molecule has 0 bridgehead atoms. The molecule has 0 aliphatic rings. The summed E-state index contributed by atoms with van der Waals surface area (Å²) in [7, 11) is 1.23. The number of amides is 1. The molecule has 1 aromatic carbocycles. The highest BCUT2D eigenvalue weighted by Crippen LogP contribution is 2.16. The summed E-state index contributed by atoms with van der Waals surface area (Å²) in [5, 5.41) is 12.8. The Morgan fingerprint density at radius 3 is 2.87 bits per heavy atom. The van der Waals surface area contributed by atoms with E-state index in [1.165, 1.54) is 25.2 Å². The van der Waals surface area contributed by atoms with Crippen LogP contribution in [0.25, 0.3) is 0 Å². The first-order valence-electron chi connectivity index (χ1n) is 3.97. The predicted molar refractivity (Wildman–Crippen MR) is 54.8 cm³/mol. The highest BCUT2D eigenvalue weighted by molar-refractivity contribution is 6.33. The van der Waals surface area contributed by atoms with Crippen LogP contribution in [0.5, 0.6) is 0 Å². The van der Waals surface area contributed by atoms with Crippen LogP contribution < -0.4 is 0 Å². The van der Waals surface area contributed by atoms with Gasteiger partial charge in [0.15, 0.2) is 0 Å². The summed E-state index contributed by atoms with van der Waals surface area (Å²) in [6.45, 7) is 0. The quantitative estimate of drug-likeness (QED) is 0.627. The predicted octanol–water partition coefficient (Wildman–Crippen LogP) is 2.42. The van der Waals surface area contributed by atoms with Crippen LogP contribution in [0.15, 0.2) is 23.3 Å². The van der Waals surface area contributed by atoms with Crippen LogP contribution in [0.1, 0.15) is 5.56 Å². The molecule has 0 heterocycles. The minimum absolute atomic E-state index is 0.0623. The maximum absolute atomic E-state index is 13.2.